The van der Waals surface area contributed by atoms with Gasteiger partial charge in [0.1, 0.15) is 0 Å². The monoisotopic (exact) mass is 408 g/mol. The molecule has 1 aliphatic rings. The number of nitrogens with one attached hydrogen (secondary N) is 1. The molecule has 2 aromatic heterocycles. The van der Waals surface area contributed by atoms with Gasteiger partial charge in [0.25, 0.3) is 11.8 Å². The van der Waals surface area contributed by atoms with E-state index in [2.05, 4.69) is 11.4 Å². The van der Waals surface area contributed by atoms with Gasteiger partial charge in [-0.3, -0.25) is 14.9 Å². The normalized spacial score (nSPS) is 15.0. The van der Waals surface area contributed by atoms with Crippen molar-refractivity contribution in [3.63, 3.8) is 0 Å². The minimum atomic E-state index is -0.399. The zero-order valence-electron chi connectivity index (χ0n) is 17.2. The van der Waals surface area contributed by atoms with E-state index in [-0.39, 0.29) is 6.04 Å². The topological polar surface area (TPSA) is 79.8 Å². The first-order chi connectivity index (χ1) is 15.0. The third kappa shape index (κ3) is 2.78. The van der Waals surface area contributed by atoms with Crippen molar-refractivity contribution in [1.29, 1.82) is 5.26 Å². The average molecular weight is 408 g/mol. The number of aromatic nitrogens is 2. The van der Waals surface area contributed by atoms with E-state index in [1.807, 2.05) is 84.0 Å². The first-order valence-corrected chi connectivity index (χ1v) is 10.1. The smallest absolute Gasteiger partial charge is 0.259 e. The largest absolute Gasteiger partial charge is 0.350 e. The van der Waals surface area contributed by atoms with Crippen molar-refractivity contribution >= 4 is 44.8 Å². The van der Waals surface area contributed by atoms with E-state index in [9.17, 15) is 14.9 Å². The Kier molecular flexibility index (Phi) is 4.26. The molecule has 2 aromatic carbocycles. The fourth-order valence-electron chi connectivity index (χ4n) is 4.51. The Morgan fingerprint density at radius 3 is 2.10 bits per heavy atom. The van der Waals surface area contributed by atoms with Gasteiger partial charge >= 0.3 is 0 Å². The summed E-state index contributed by atoms with van der Waals surface area (Å²) in [4.78, 5) is 26.0. The van der Waals surface area contributed by atoms with Crippen LogP contribution in [0.4, 0.5) is 0 Å². The second kappa shape index (κ2) is 6.99. The minimum Gasteiger partial charge on any atom is -0.350 e. The molecule has 0 fully saturated rings. The molecule has 2 amide bonds. The van der Waals surface area contributed by atoms with Crippen LogP contribution in [-0.2, 0) is 16.6 Å². The summed E-state index contributed by atoms with van der Waals surface area (Å²) in [6.07, 6.45) is 4.14. The van der Waals surface area contributed by atoms with Crippen LogP contribution in [0.25, 0.3) is 33.0 Å². The maximum Gasteiger partial charge on any atom is 0.259 e. The molecule has 6 heteroatoms. The molecule has 4 aromatic rings. The molecule has 5 rings (SSSR count). The molecular formula is C25H20N4O2. The number of hydrogen-bond donors (Lipinski definition) is 1. The van der Waals surface area contributed by atoms with Crippen LogP contribution >= 0.6 is 0 Å². The summed E-state index contributed by atoms with van der Waals surface area (Å²) < 4.78 is 3.97. The zero-order chi connectivity index (χ0) is 21.7. The Morgan fingerprint density at radius 2 is 1.45 bits per heavy atom. The van der Waals surface area contributed by atoms with E-state index >= 15 is 0 Å². The van der Waals surface area contributed by atoms with Gasteiger partial charge in [-0.05, 0) is 19.1 Å². The van der Waals surface area contributed by atoms with E-state index in [4.69, 9.17) is 0 Å². The number of para-hydroxylation sites is 2. The highest BCUT2D eigenvalue weighted by molar-refractivity contribution is 6.50. The molecule has 0 bridgehead atoms. The number of fused-ring (bicyclic) bond motifs is 2. The van der Waals surface area contributed by atoms with Crippen LogP contribution in [0, 0.1) is 11.3 Å². The molecule has 0 radical (unpaired) electrons. The fraction of sp³-hybridized carbons (Fsp3) is 0.160. The van der Waals surface area contributed by atoms with Crippen molar-refractivity contribution < 1.29 is 9.59 Å². The predicted octanol–water partition coefficient (Wildman–Crippen LogP) is 4.17. The minimum absolute atomic E-state index is 0.0644. The van der Waals surface area contributed by atoms with Crippen LogP contribution in [0.5, 0.6) is 0 Å². The van der Waals surface area contributed by atoms with E-state index in [0.29, 0.717) is 23.1 Å². The number of hydrogen-bond acceptors (Lipinski definition) is 3. The van der Waals surface area contributed by atoms with Crippen LogP contribution in [0.1, 0.15) is 30.5 Å². The molecule has 1 N–H and O–H groups in total. The molecule has 0 aliphatic carbocycles. The molecule has 1 unspecified atom stereocenters. The quantitative estimate of drug-likeness (QED) is 0.515. The lowest BCUT2D eigenvalue weighted by atomic mass is 9.95. The number of imide groups is 1. The maximum absolute atomic E-state index is 13.0. The first kappa shape index (κ1) is 18.9. The van der Waals surface area contributed by atoms with Gasteiger partial charge in [-0.25, -0.2) is 0 Å². The summed E-state index contributed by atoms with van der Waals surface area (Å²) >= 11 is 0. The molecule has 1 aliphatic heterocycles. The average Bonchev–Trinajstić information content (AvgIpc) is 3.39. The summed E-state index contributed by atoms with van der Waals surface area (Å²) in [5.41, 5.74) is 4.11. The van der Waals surface area contributed by atoms with E-state index in [0.717, 1.165) is 27.4 Å². The van der Waals surface area contributed by atoms with Crippen molar-refractivity contribution in [1.82, 2.24) is 14.5 Å². The Hall–Kier alpha value is -4.11. The Labute approximate surface area is 179 Å². The van der Waals surface area contributed by atoms with Crippen LogP contribution < -0.4 is 5.32 Å². The van der Waals surface area contributed by atoms with Crippen LogP contribution in [0.2, 0.25) is 0 Å². The maximum atomic E-state index is 13.0. The molecule has 0 spiro atoms. The lowest BCUT2D eigenvalue weighted by molar-refractivity contribution is -0.122. The second-order valence-corrected chi connectivity index (χ2v) is 7.88. The van der Waals surface area contributed by atoms with Crippen LogP contribution in [0.3, 0.4) is 0 Å². The number of carbonyl (C=O) groups is 2. The second-order valence-electron chi connectivity index (χ2n) is 7.88. The van der Waals surface area contributed by atoms with E-state index in [1.165, 1.54) is 0 Å². The van der Waals surface area contributed by atoms with Gasteiger partial charge in [-0.1, -0.05) is 36.4 Å². The number of nitrogens with zero attached hydrogens (tertiary/aromatic N) is 3. The number of aryl methyl sites for hydroxylation is 1. The number of rotatable bonds is 4. The molecular weight excluding hydrogens is 388 g/mol. The summed E-state index contributed by atoms with van der Waals surface area (Å²) in [6, 6.07) is 17.7. The third-order valence-corrected chi connectivity index (χ3v) is 5.97. The van der Waals surface area contributed by atoms with Gasteiger partial charge in [0, 0.05) is 58.4 Å². The molecule has 0 saturated carbocycles. The number of amides is 2. The third-order valence-electron chi connectivity index (χ3n) is 5.97. The predicted molar refractivity (Wildman–Crippen MR) is 120 cm³/mol. The van der Waals surface area contributed by atoms with Gasteiger partial charge in [0.2, 0.25) is 0 Å². The number of carbonyl (C=O) groups excluding carboxylic acids is 2. The van der Waals surface area contributed by atoms with Crippen LogP contribution in [0.15, 0.2) is 60.9 Å². The Bertz CT molecular complexity index is 1460. The summed E-state index contributed by atoms with van der Waals surface area (Å²) in [7, 11) is 1.93. The number of nitriles is 1. The SMILES string of the molecule is CC(CC#N)n1cc(C2=C(c3cn(C)c4ccccc34)C(=O)NC2=O)c2ccccc21. The summed E-state index contributed by atoms with van der Waals surface area (Å²) in [5.74, 6) is -0.790. The molecule has 6 nitrogen and oxygen atoms in total. The lowest BCUT2D eigenvalue weighted by Crippen LogP contribution is -2.22. The van der Waals surface area contributed by atoms with E-state index < -0.39 is 11.8 Å². The Morgan fingerprint density at radius 1 is 0.903 bits per heavy atom. The molecule has 152 valence electrons. The van der Waals surface area contributed by atoms with Crippen LogP contribution in [-0.4, -0.2) is 20.9 Å². The highest BCUT2D eigenvalue weighted by atomic mass is 16.2. The Balaban J connectivity index is 1.83. The van der Waals surface area contributed by atoms with E-state index in [1.54, 1.807) is 0 Å². The van der Waals surface area contributed by atoms with Crippen molar-refractivity contribution in [2.24, 2.45) is 7.05 Å². The van der Waals surface area contributed by atoms with Gasteiger partial charge in [0.15, 0.2) is 0 Å². The first-order valence-electron chi connectivity index (χ1n) is 10.1. The van der Waals surface area contributed by atoms with Crippen molar-refractivity contribution in [3.8, 4) is 6.07 Å². The lowest BCUT2D eigenvalue weighted by Gasteiger charge is -2.11. The summed E-state index contributed by atoms with van der Waals surface area (Å²) in [5, 5.41) is 13.5. The summed E-state index contributed by atoms with van der Waals surface area (Å²) in [6.45, 7) is 1.97. The van der Waals surface area contributed by atoms with Gasteiger partial charge in [-0.2, -0.15) is 5.26 Å². The number of benzene rings is 2. The molecule has 0 saturated heterocycles. The van der Waals surface area contributed by atoms with Crippen molar-refractivity contribution in [3.05, 3.63) is 72.1 Å². The molecule has 3 heterocycles. The fourth-order valence-corrected chi connectivity index (χ4v) is 4.51. The zero-order valence-corrected chi connectivity index (χ0v) is 17.2. The van der Waals surface area contributed by atoms with Crippen molar-refractivity contribution in [2.75, 3.05) is 0 Å². The van der Waals surface area contributed by atoms with Gasteiger partial charge in [0.05, 0.1) is 23.6 Å². The molecule has 31 heavy (non-hydrogen) atoms. The van der Waals surface area contributed by atoms with Gasteiger partial charge in [-0.15, -0.1) is 0 Å². The highest BCUT2D eigenvalue weighted by Crippen LogP contribution is 2.39. The standard InChI is InChI=1S/C25H20N4O2/c1-15(11-12-26)29-14-19(17-8-4-6-10-21(17)29)23-22(24(30)27-25(23)31)18-13-28(2)20-9-5-3-7-16(18)20/h3-10,13-15H,11H2,1-2H3,(H,27,30,31). The highest BCUT2D eigenvalue weighted by Gasteiger charge is 2.35. The van der Waals surface area contributed by atoms with Crippen molar-refractivity contribution in [2.45, 2.75) is 19.4 Å². The molecule has 1 atom stereocenters. The van der Waals surface area contributed by atoms with Gasteiger partial charge < -0.3 is 9.13 Å².